The van der Waals surface area contributed by atoms with Gasteiger partial charge in [-0.2, -0.15) is 15.7 Å². The molecule has 1 aliphatic heterocycles. The summed E-state index contributed by atoms with van der Waals surface area (Å²) < 4.78 is 19.8. The van der Waals surface area contributed by atoms with E-state index in [-0.39, 0.29) is 5.92 Å². The molecule has 1 aliphatic rings. The predicted octanol–water partition coefficient (Wildman–Crippen LogP) is 3.90. The Morgan fingerprint density at radius 2 is 1.96 bits per heavy atom. The molecule has 144 valence electrons. The molecule has 1 fully saturated rings. The molecule has 0 bridgehead atoms. The van der Waals surface area contributed by atoms with Gasteiger partial charge >= 0.3 is 0 Å². The summed E-state index contributed by atoms with van der Waals surface area (Å²) >= 11 is 0. The third kappa shape index (κ3) is 3.13. The van der Waals surface area contributed by atoms with Crippen LogP contribution >= 0.6 is 10.6 Å². The molecule has 0 atom stereocenters. The Bertz CT molecular complexity index is 1010. The number of hydrogen-bond acceptors (Lipinski definition) is 4. The Labute approximate surface area is 158 Å². The molecular weight excluding hydrogens is 364 g/mol. The minimum Gasteiger partial charge on any atom is -0.366 e. The van der Waals surface area contributed by atoms with Gasteiger partial charge in [-0.25, -0.2) is 0 Å². The highest BCUT2D eigenvalue weighted by molar-refractivity contribution is 8.24. The van der Waals surface area contributed by atoms with Crippen LogP contribution in [0.25, 0.3) is 22.0 Å². The zero-order chi connectivity index (χ0) is 19.3. The highest BCUT2D eigenvalue weighted by Gasteiger charge is 2.28. The van der Waals surface area contributed by atoms with Gasteiger partial charge in [0.15, 0.2) is 0 Å². The van der Waals surface area contributed by atoms with Crippen LogP contribution in [0.1, 0.15) is 46.1 Å². The van der Waals surface area contributed by atoms with Gasteiger partial charge in [0.2, 0.25) is 0 Å². The Morgan fingerprint density at radius 3 is 2.56 bits per heavy atom. The quantitative estimate of drug-likeness (QED) is 0.466. The summed E-state index contributed by atoms with van der Waals surface area (Å²) in [5.41, 5.74) is 11.6. The number of nitrogens with two attached hydrogens (primary N) is 1. The average Bonchev–Trinajstić information content (AvgIpc) is 3.17. The van der Waals surface area contributed by atoms with Gasteiger partial charge in [-0.3, -0.25) is 19.0 Å². The van der Waals surface area contributed by atoms with E-state index in [1.807, 2.05) is 26.1 Å². The molecule has 27 heavy (non-hydrogen) atoms. The largest absolute Gasteiger partial charge is 0.366 e. The smallest absolute Gasteiger partial charge is 0.250 e. The molecule has 6 N–H and O–H groups in total. The number of fused-ring (bicyclic) bond motifs is 1. The van der Waals surface area contributed by atoms with E-state index in [4.69, 9.17) is 5.73 Å². The third-order valence-electron chi connectivity index (χ3n) is 5.53. The van der Waals surface area contributed by atoms with Crippen molar-refractivity contribution >= 4 is 27.4 Å². The first-order valence-electron chi connectivity index (χ1n) is 8.97. The van der Waals surface area contributed by atoms with Crippen LogP contribution in [0.15, 0.2) is 18.3 Å². The summed E-state index contributed by atoms with van der Waals surface area (Å²) in [5.74, 6) is 0.590. The second-order valence-corrected chi connectivity index (χ2v) is 9.77. The minimum absolute atomic E-state index is 0.223. The summed E-state index contributed by atoms with van der Waals surface area (Å²) in [7, 11) is -2.43. The zero-order valence-electron chi connectivity index (χ0n) is 15.4. The van der Waals surface area contributed by atoms with Crippen LogP contribution in [-0.2, 0) is 0 Å². The van der Waals surface area contributed by atoms with Crippen molar-refractivity contribution < 1.29 is 13.9 Å². The predicted molar refractivity (Wildman–Crippen MR) is 108 cm³/mol. The second-order valence-electron chi connectivity index (χ2n) is 7.35. The van der Waals surface area contributed by atoms with E-state index < -0.39 is 16.5 Å². The number of carbonyl (C=O) groups excluding carboxylic acids is 1. The summed E-state index contributed by atoms with van der Waals surface area (Å²) in [6, 6.07) is 3.89. The van der Waals surface area contributed by atoms with Crippen molar-refractivity contribution in [2.45, 2.75) is 32.6 Å². The van der Waals surface area contributed by atoms with Crippen LogP contribution in [0.2, 0.25) is 0 Å². The first-order valence-corrected chi connectivity index (χ1v) is 10.9. The fourth-order valence-corrected chi connectivity index (χ4v) is 5.65. The molecule has 0 unspecified atom stereocenters. The molecule has 3 heterocycles. The third-order valence-corrected chi connectivity index (χ3v) is 7.31. The van der Waals surface area contributed by atoms with Gasteiger partial charge in [0.05, 0.1) is 16.8 Å². The second kappa shape index (κ2) is 6.40. The van der Waals surface area contributed by atoms with Crippen molar-refractivity contribution in [3.05, 3.63) is 40.8 Å². The summed E-state index contributed by atoms with van der Waals surface area (Å²) in [4.78, 5) is 15.3. The van der Waals surface area contributed by atoms with Crippen LogP contribution in [0.3, 0.4) is 0 Å². The molecular formula is C19H24N4O3S. The van der Waals surface area contributed by atoms with Crippen molar-refractivity contribution in [1.82, 2.24) is 15.2 Å². The van der Waals surface area contributed by atoms with Crippen LogP contribution in [0.4, 0.5) is 0 Å². The number of hydrogen-bond donors (Lipinski definition) is 5. The number of carbonyl (C=O) groups is 1. The van der Waals surface area contributed by atoms with E-state index >= 15 is 0 Å². The number of benzene rings is 1. The van der Waals surface area contributed by atoms with Gasteiger partial charge in [-0.05, 0) is 55.9 Å². The Morgan fingerprint density at radius 1 is 1.26 bits per heavy atom. The standard InChI is InChI=1S/C19H24N4O3S/c1-10-17(11(2)23-22-10)13-7-14-16(12-3-5-27(25,26)6-4-12)9-21-18(14)15(8-13)19(20)24/h7-9,12,21,25-26H,3-6H2,1-2H3,(H2,20,24)(H,22,23). The van der Waals surface area contributed by atoms with E-state index in [9.17, 15) is 13.9 Å². The lowest BCUT2D eigenvalue weighted by Gasteiger charge is -2.39. The lowest BCUT2D eigenvalue weighted by molar-refractivity contribution is 0.100. The SMILES string of the molecule is Cc1n[nH]c(C)c1-c1cc(C(N)=O)c2[nH]cc(C3CCS(O)(O)CC3)c2c1. The molecule has 3 aromatic rings. The van der Waals surface area contributed by atoms with Gasteiger partial charge in [0.1, 0.15) is 0 Å². The number of amides is 1. The maximum absolute atomic E-state index is 12.1. The number of nitrogens with one attached hydrogen (secondary N) is 2. The number of H-pyrrole nitrogens is 2. The number of aryl methyl sites for hydroxylation is 2. The molecule has 1 amide bonds. The number of nitrogens with zero attached hydrogens (tertiary/aromatic N) is 1. The highest BCUT2D eigenvalue weighted by atomic mass is 32.3. The molecule has 2 aromatic heterocycles. The highest BCUT2D eigenvalue weighted by Crippen LogP contribution is 2.49. The first kappa shape index (κ1) is 18.1. The van der Waals surface area contributed by atoms with Crippen molar-refractivity contribution in [2.24, 2.45) is 5.73 Å². The summed E-state index contributed by atoms with van der Waals surface area (Å²) in [6.07, 6.45) is 3.36. The number of primary amides is 1. The van der Waals surface area contributed by atoms with Crippen LogP contribution in [0, 0.1) is 13.8 Å². The Kier molecular flexibility index (Phi) is 4.29. The topological polar surface area (TPSA) is 128 Å². The lowest BCUT2D eigenvalue weighted by Crippen LogP contribution is -2.19. The first-order chi connectivity index (χ1) is 12.8. The molecule has 8 heteroatoms. The Balaban J connectivity index is 1.87. The zero-order valence-corrected chi connectivity index (χ0v) is 16.2. The van der Waals surface area contributed by atoms with Crippen molar-refractivity contribution in [1.29, 1.82) is 0 Å². The van der Waals surface area contributed by atoms with Crippen LogP contribution < -0.4 is 5.73 Å². The van der Waals surface area contributed by atoms with Gasteiger partial charge < -0.3 is 10.7 Å². The fraction of sp³-hybridized carbons (Fsp3) is 0.368. The average molecular weight is 388 g/mol. The molecule has 4 rings (SSSR count). The van der Waals surface area contributed by atoms with Crippen LogP contribution in [0.5, 0.6) is 0 Å². The van der Waals surface area contributed by atoms with E-state index in [1.165, 1.54) is 0 Å². The minimum atomic E-state index is -2.43. The molecule has 0 spiro atoms. The van der Waals surface area contributed by atoms with E-state index in [1.54, 1.807) is 0 Å². The van der Waals surface area contributed by atoms with Crippen molar-refractivity contribution in [3.63, 3.8) is 0 Å². The number of rotatable bonds is 3. The van der Waals surface area contributed by atoms with Gasteiger partial charge in [-0.15, -0.1) is 0 Å². The molecule has 0 radical (unpaired) electrons. The summed E-state index contributed by atoms with van der Waals surface area (Å²) in [6.45, 7) is 3.88. The Hall–Kier alpha value is -2.29. The molecule has 1 aromatic carbocycles. The number of aromatic amines is 2. The number of aromatic nitrogens is 3. The summed E-state index contributed by atoms with van der Waals surface area (Å²) in [5, 5.41) is 8.21. The van der Waals surface area contributed by atoms with E-state index in [0.717, 1.165) is 51.8 Å². The van der Waals surface area contributed by atoms with Crippen molar-refractivity contribution in [2.75, 3.05) is 11.5 Å². The lowest BCUT2D eigenvalue weighted by atomic mass is 9.90. The fourth-order valence-electron chi connectivity index (χ4n) is 4.13. The molecule has 1 saturated heterocycles. The molecule has 0 saturated carbocycles. The van der Waals surface area contributed by atoms with Crippen LogP contribution in [-0.4, -0.2) is 41.7 Å². The monoisotopic (exact) mass is 388 g/mol. The maximum Gasteiger partial charge on any atom is 0.250 e. The van der Waals surface area contributed by atoms with E-state index in [2.05, 4.69) is 21.2 Å². The van der Waals surface area contributed by atoms with Gasteiger partial charge in [-0.1, -0.05) is 0 Å². The molecule has 7 nitrogen and oxygen atoms in total. The maximum atomic E-state index is 12.1. The van der Waals surface area contributed by atoms with Crippen molar-refractivity contribution in [3.8, 4) is 11.1 Å². The van der Waals surface area contributed by atoms with Gasteiger partial charge in [0.25, 0.3) is 5.91 Å². The van der Waals surface area contributed by atoms with Gasteiger partial charge in [0, 0.05) is 34.3 Å². The van der Waals surface area contributed by atoms with E-state index in [0.29, 0.717) is 17.1 Å². The normalized spacial score (nSPS) is 18.7. The molecule has 0 aliphatic carbocycles.